The molecule has 7 nitrogen and oxygen atoms in total. The summed E-state index contributed by atoms with van der Waals surface area (Å²) in [5.74, 6) is 0.942. The molecule has 1 aromatic carbocycles. The highest BCUT2D eigenvalue weighted by molar-refractivity contribution is 7.17. The van der Waals surface area contributed by atoms with E-state index in [-0.39, 0.29) is 24.5 Å². The second-order valence-corrected chi connectivity index (χ2v) is 8.63. The SMILES string of the molecule is CCOC(=O)c1c(NC(=O)CN(C)CC2COc3ccccc3O2)sc2c1CCC2. The summed E-state index contributed by atoms with van der Waals surface area (Å²) in [5, 5.41) is 3.53. The number of fused-ring (bicyclic) bond motifs is 2. The molecule has 1 N–H and O–H groups in total. The molecule has 8 heteroatoms. The third-order valence-corrected chi connectivity index (χ3v) is 6.36. The van der Waals surface area contributed by atoms with E-state index in [1.165, 1.54) is 16.2 Å². The van der Waals surface area contributed by atoms with Gasteiger partial charge in [-0.1, -0.05) is 12.1 Å². The number of hydrogen-bond acceptors (Lipinski definition) is 7. The lowest BCUT2D eigenvalue weighted by Gasteiger charge is -2.29. The van der Waals surface area contributed by atoms with Crippen molar-refractivity contribution >= 4 is 28.2 Å². The van der Waals surface area contributed by atoms with Crippen molar-refractivity contribution in [3.63, 3.8) is 0 Å². The fraction of sp³-hybridized carbons (Fsp3) is 0.455. The molecule has 30 heavy (non-hydrogen) atoms. The molecule has 1 aliphatic carbocycles. The Kier molecular flexibility index (Phi) is 6.24. The van der Waals surface area contributed by atoms with E-state index in [0.29, 0.717) is 30.3 Å². The molecule has 1 unspecified atom stereocenters. The third-order valence-electron chi connectivity index (χ3n) is 5.15. The van der Waals surface area contributed by atoms with Crippen molar-refractivity contribution in [2.75, 3.05) is 38.7 Å². The molecule has 0 bridgehead atoms. The van der Waals surface area contributed by atoms with Gasteiger partial charge in [0.15, 0.2) is 11.5 Å². The number of ether oxygens (including phenoxy) is 3. The van der Waals surface area contributed by atoms with Crippen LogP contribution in [0.1, 0.15) is 34.1 Å². The number of benzene rings is 1. The zero-order chi connectivity index (χ0) is 21.1. The first-order chi connectivity index (χ1) is 14.5. The molecule has 1 atom stereocenters. The Morgan fingerprint density at radius 2 is 2.07 bits per heavy atom. The second-order valence-electron chi connectivity index (χ2n) is 7.52. The van der Waals surface area contributed by atoms with E-state index >= 15 is 0 Å². The average molecular weight is 431 g/mol. The standard InChI is InChI=1S/C22H26N2O5S/c1-3-27-22(26)20-15-7-6-10-18(15)30-21(20)23-19(25)12-24(2)11-14-13-28-16-8-4-5-9-17(16)29-14/h4-5,8-9,14H,3,6-7,10-13H2,1-2H3,(H,23,25). The summed E-state index contributed by atoms with van der Waals surface area (Å²) in [4.78, 5) is 28.2. The van der Waals surface area contributed by atoms with Crippen LogP contribution < -0.4 is 14.8 Å². The van der Waals surface area contributed by atoms with Gasteiger partial charge in [0.2, 0.25) is 5.91 Å². The van der Waals surface area contributed by atoms with Crippen molar-refractivity contribution in [3.8, 4) is 11.5 Å². The Balaban J connectivity index is 1.35. The van der Waals surface area contributed by atoms with Gasteiger partial charge in [-0.15, -0.1) is 11.3 Å². The van der Waals surface area contributed by atoms with Crippen LogP contribution in [0.5, 0.6) is 11.5 Å². The van der Waals surface area contributed by atoms with Gasteiger partial charge in [-0.2, -0.15) is 0 Å². The largest absolute Gasteiger partial charge is 0.486 e. The minimum absolute atomic E-state index is 0.154. The van der Waals surface area contributed by atoms with Gasteiger partial charge in [-0.3, -0.25) is 9.69 Å². The fourth-order valence-electron chi connectivity index (χ4n) is 3.89. The number of carbonyl (C=O) groups excluding carboxylic acids is 2. The van der Waals surface area contributed by atoms with Gasteiger partial charge in [-0.05, 0) is 50.9 Å². The maximum absolute atomic E-state index is 12.7. The van der Waals surface area contributed by atoms with Crippen molar-refractivity contribution in [2.24, 2.45) is 0 Å². The minimum atomic E-state index is -0.355. The van der Waals surface area contributed by atoms with Crippen LogP contribution in [0.25, 0.3) is 0 Å². The van der Waals surface area contributed by atoms with Crippen LogP contribution >= 0.6 is 11.3 Å². The van der Waals surface area contributed by atoms with Crippen molar-refractivity contribution in [1.82, 2.24) is 4.90 Å². The van der Waals surface area contributed by atoms with Crippen molar-refractivity contribution in [3.05, 3.63) is 40.3 Å². The zero-order valence-electron chi connectivity index (χ0n) is 17.2. The molecule has 1 aromatic heterocycles. The number of aryl methyl sites for hydroxylation is 1. The molecule has 1 amide bonds. The molecule has 2 aromatic rings. The van der Waals surface area contributed by atoms with E-state index in [4.69, 9.17) is 14.2 Å². The quantitative estimate of drug-likeness (QED) is 0.680. The third kappa shape index (κ3) is 4.44. The molecule has 0 fully saturated rings. The Bertz CT molecular complexity index is 942. The highest BCUT2D eigenvalue weighted by atomic mass is 32.1. The molecule has 0 spiro atoms. The minimum Gasteiger partial charge on any atom is -0.486 e. The van der Waals surface area contributed by atoms with Gasteiger partial charge in [-0.25, -0.2) is 4.79 Å². The van der Waals surface area contributed by atoms with E-state index in [2.05, 4.69) is 5.32 Å². The van der Waals surface area contributed by atoms with Crippen LogP contribution in [-0.2, 0) is 22.4 Å². The molecule has 2 heterocycles. The molecule has 0 saturated heterocycles. The molecule has 1 aliphatic heterocycles. The normalized spacial score (nSPS) is 17.0. The van der Waals surface area contributed by atoms with Crippen LogP contribution in [0.4, 0.5) is 5.00 Å². The number of hydrogen-bond donors (Lipinski definition) is 1. The molecule has 0 radical (unpaired) electrons. The highest BCUT2D eigenvalue weighted by Gasteiger charge is 2.29. The van der Waals surface area contributed by atoms with E-state index in [1.807, 2.05) is 36.2 Å². The number of para-hydroxylation sites is 2. The maximum atomic E-state index is 12.7. The first-order valence-electron chi connectivity index (χ1n) is 10.2. The number of thiophene rings is 1. The Labute approximate surface area is 179 Å². The first kappa shape index (κ1) is 20.7. The van der Waals surface area contributed by atoms with Crippen molar-refractivity contribution in [2.45, 2.75) is 32.3 Å². The van der Waals surface area contributed by atoms with Crippen LogP contribution in [0, 0.1) is 0 Å². The fourth-order valence-corrected chi connectivity index (χ4v) is 5.18. The molecule has 4 rings (SSSR count). The van der Waals surface area contributed by atoms with Gasteiger partial charge >= 0.3 is 5.97 Å². The average Bonchev–Trinajstić information content (AvgIpc) is 3.28. The number of esters is 1. The first-order valence-corrected chi connectivity index (χ1v) is 11.0. The molecule has 0 saturated carbocycles. The smallest absolute Gasteiger partial charge is 0.341 e. The number of likely N-dealkylation sites (N-methyl/N-ethyl adjacent to an activating group) is 1. The Morgan fingerprint density at radius 3 is 2.87 bits per heavy atom. The predicted molar refractivity (Wildman–Crippen MR) is 115 cm³/mol. The summed E-state index contributed by atoms with van der Waals surface area (Å²) in [6, 6.07) is 7.56. The van der Waals surface area contributed by atoms with E-state index in [9.17, 15) is 9.59 Å². The Morgan fingerprint density at radius 1 is 1.27 bits per heavy atom. The predicted octanol–water partition coefficient (Wildman–Crippen LogP) is 3.12. The number of carbonyl (C=O) groups is 2. The van der Waals surface area contributed by atoms with Crippen LogP contribution in [0.3, 0.4) is 0 Å². The summed E-state index contributed by atoms with van der Waals surface area (Å²) < 4.78 is 16.9. The monoisotopic (exact) mass is 430 g/mol. The van der Waals surface area contributed by atoms with Crippen LogP contribution in [0.2, 0.25) is 0 Å². The molecular formula is C22H26N2O5S. The van der Waals surface area contributed by atoms with Gasteiger partial charge in [0.1, 0.15) is 17.7 Å². The summed E-state index contributed by atoms with van der Waals surface area (Å²) in [6.45, 7) is 3.27. The summed E-state index contributed by atoms with van der Waals surface area (Å²) in [7, 11) is 1.87. The van der Waals surface area contributed by atoms with Crippen LogP contribution in [-0.4, -0.2) is 56.2 Å². The van der Waals surface area contributed by atoms with Crippen molar-refractivity contribution in [1.29, 1.82) is 0 Å². The molecule has 2 aliphatic rings. The molecule has 160 valence electrons. The highest BCUT2D eigenvalue weighted by Crippen LogP contribution is 2.39. The van der Waals surface area contributed by atoms with Gasteiger partial charge < -0.3 is 19.5 Å². The summed E-state index contributed by atoms with van der Waals surface area (Å²) >= 11 is 1.49. The number of anilines is 1. The second kappa shape index (κ2) is 9.06. The number of nitrogens with zero attached hydrogens (tertiary/aromatic N) is 1. The van der Waals surface area contributed by atoms with E-state index in [1.54, 1.807) is 6.92 Å². The van der Waals surface area contributed by atoms with Gasteiger partial charge in [0.25, 0.3) is 0 Å². The summed E-state index contributed by atoms with van der Waals surface area (Å²) in [5.41, 5.74) is 1.57. The van der Waals surface area contributed by atoms with Crippen LogP contribution in [0.15, 0.2) is 24.3 Å². The van der Waals surface area contributed by atoms with E-state index in [0.717, 1.165) is 36.3 Å². The lowest BCUT2D eigenvalue weighted by molar-refractivity contribution is -0.117. The topological polar surface area (TPSA) is 77.1 Å². The lowest BCUT2D eigenvalue weighted by atomic mass is 10.1. The summed E-state index contributed by atoms with van der Waals surface area (Å²) in [6.07, 6.45) is 2.69. The number of amides is 1. The maximum Gasteiger partial charge on any atom is 0.341 e. The number of nitrogens with one attached hydrogen (secondary N) is 1. The van der Waals surface area contributed by atoms with Crippen molar-refractivity contribution < 1.29 is 23.8 Å². The Hall–Kier alpha value is -2.58. The van der Waals surface area contributed by atoms with Gasteiger partial charge in [0.05, 0.1) is 18.7 Å². The van der Waals surface area contributed by atoms with Gasteiger partial charge in [0, 0.05) is 11.4 Å². The zero-order valence-corrected chi connectivity index (χ0v) is 18.0. The number of rotatable bonds is 7. The lowest BCUT2D eigenvalue weighted by Crippen LogP contribution is -2.42. The van der Waals surface area contributed by atoms with E-state index < -0.39 is 0 Å². The molecular weight excluding hydrogens is 404 g/mol.